The molecule has 1 heterocycles. The Balaban J connectivity index is 0.000000530. The third kappa shape index (κ3) is 24.6. The average Bonchev–Trinajstić information content (AvgIpc) is 3.29. The molecule has 0 aliphatic carbocycles. The van der Waals surface area contributed by atoms with Gasteiger partial charge in [-0.15, -0.1) is 11.6 Å². The molecular weight excluding hydrogens is 1060 g/mol. The first-order chi connectivity index (χ1) is 34.1. The van der Waals surface area contributed by atoms with Crippen LogP contribution in [0.3, 0.4) is 0 Å². The molecule has 4 rings (SSSR count). The lowest BCUT2D eigenvalue weighted by atomic mass is 10.0. The predicted molar refractivity (Wildman–Crippen MR) is 267 cm³/mol. The zero-order valence-corrected chi connectivity index (χ0v) is 44.0. The summed E-state index contributed by atoms with van der Waals surface area (Å²) in [6.07, 6.45) is -4.33. The Morgan fingerprint density at radius 1 is 0.959 bits per heavy atom. The topological polar surface area (TPSA) is 304 Å². The Hall–Kier alpha value is -5.92. The Bertz CT molecular complexity index is 2510. The molecule has 0 radical (unpaired) electrons. The van der Waals surface area contributed by atoms with Crippen LogP contribution < -0.4 is 25.6 Å². The van der Waals surface area contributed by atoms with Gasteiger partial charge in [-0.3, -0.25) is 29.6 Å². The van der Waals surface area contributed by atoms with Crippen LogP contribution in [0.5, 0.6) is 11.5 Å². The number of nitro groups is 1. The summed E-state index contributed by atoms with van der Waals surface area (Å²) in [5, 5.41) is 27.1. The van der Waals surface area contributed by atoms with Crippen LogP contribution in [0.4, 0.5) is 36.4 Å². The number of amides is 1. The van der Waals surface area contributed by atoms with Gasteiger partial charge >= 0.3 is 31.7 Å². The summed E-state index contributed by atoms with van der Waals surface area (Å²) < 4.78 is 68.0. The minimum Gasteiger partial charge on any atom is -0.480 e. The number of aryl methyl sites for hydroxylation is 2. The number of rotatable bonds is 21. The number of carbonyl (C=O) groups excluding carboxylic acids is 3. The zero-order valence-electron chi connectivity index (χ0n) is 40.8. The third-order valence-corrected chi connectivity index (χ3v) is 9.96. The van der Waals surface area contributed by atoms with Gasteiger partial charge in [0.2, 0.25) is 23.1 Å². The molecule has 1 unspecified atom stereocenters. The molecule has 0 aliphatic heterocycles. The molecule has 73 heavy (non-hydrogen) atoms. The Kier molecular flexibility index (Phi) is 28.8. The molecule has 0 fully saturated rings. The molecule has 22 nitrogen and oxygen atoms in total. The fourth-order valence-corrected chi connectivity index (χ4v) is 6.64. The molecule has 4 aromatic rings. The molecule has 0 saturated carbocycles. The van der Waals surface area contributed by atoms with Gasteiger partial charge in [-0.2, -0.15) is 28.1 Å². The summed E-state index contributed by atoms with van der Waals surface area (Å²) in [6.45, 7) is 13.7. The van der Waals surface area contributed by atoms with E-state index in [2.05, 4.69) is 48.6 Å². The number of nitrogens with one attached hydrogen (secondary N) is 3. The van der Waals surface area contributed by atoms with Gasteiger partial charge in [0.25, 0.3) is 5.69 Å². The smallest absolute Gasteiger partial charge is 0.416 e. The molecular formula is C44H57Cl3F3N8O14P. The zero-order chi connectivity index (χ0) is 55.6. The summed E-state index contributed by atoms with van der Waals surface area (Å²) in [7, 11) is -2.46. The van der Waals surface area contributed by atoms with Crippen LogP contribution >= 0.6 is 42.4 Å². The van der Waals surface area contributed by atoms with Crippen molar-refractivity contribution in [3.05, 3.63) is 97.3 Å². The van der Waals surface area contributed by atoms with E-state index in [-0.39, 0.29) is 52.3 Å². The van der Waals surface area contributed by atoms with Crippen LogP contribution in [-0.4, -0.2) is 123 Å². The number of aromatic nitrogens is 3. The number of carbonyl (C=O) groups is 4. The van der Waals surface area contributed by atoms with Crippen LogP contribution in [0, 0.1) is 17.0 Å². The van der Waals surface area contributed by atoms with Crippen molar-refractivity contribution in [1.82, 2.24) is 20.3 Å². The highest BCUT2D eigenvalue weighted by Crippen LogP contribution is 2.37. The van der Waals surface area contributed by atoms with Gasteiger partial charge < -0.3 is 49.4 Å². The van der Waals surface area contributed by atoms with Crippen LogP contribution in [0.25, 0.3) is 0 Å². The molecule has 404 valence electrons. The highest BCUT2D eigenvalue weighted by Gasteiger charge is 2.31. The summed E-state index contributed by atoms with van der Waals surface area (Å²) in [5.41, 5.74) is 1.05. The first-order valence-corrected chi connectivity index (χ1v) is 24.7. The number of anilines is 3. The highest BCUT2D eigenvalue weighted by molar-refractivity contribution is 7.51. The van der Waals surface area contributed by atoms with E-state index in [4.69, 9.17) is 63.9 Å². The van der Waals surface area contributed by atoms with Crippen LogP contribution in [0.2, 0.25) is 10.3 Å². The van der Waals surface area contributed by atoms with Gasteiger partial charge in [0.1, 0.15) is 22.9 Å². The van der Waals surface area contributed by atoms with E-state index in [9.17, 15) is 47.0 Å². The molecule has 1 amide bonds. The number of alkyl halides is 4. The number of nitrogens with zero attached hydrogens (tertiary/aromatic N) is 5. The first-order valence-electron chi connectivity index (χ1n) is 21.6. The minimum atomic E-state index is -4.61. The second kappa shape index (κ2) is 32.3. The molecule has 29 heteroatoms. The second-order valence-electron chi connectivity index (χ2n) is 14.9. The molecule has 0 saturated heterocycles. The third-order valence-electron chi connectivity index (χ3n) is 8.63. The van der Waals surface area contributed by atoms with E-state index in [0.717, 1.165) is 60.1 Å². The second-order valence-corrected chi connectivity index (χ2v) is 17.6. The monoisotopic (exact) mass is 1110 g/mol. The molecule has 6 N–H and O–H groups in total. The van der Waals surface area contributed by atoms with Crippen LogP contribution in [0.1, 0.15) is 68.6 Å². The van der Waals surface area contributed by atoms with Gasteiger partial charge in [-0.25, -0.2) is 9.59 Å². The molecule has 0 spiro atoms. The van der Waals surface area contributed by atoms with E-state index in [1.165, 1.54) is 6.92 Å². The summed E-state index contributed by atoms with van der Waals surface area (Å²) in [5.74, 6) is -2.62. The number of hydrogen-bond acceptors (Lipinski definition) is 17. The number of esters is 2. The Morgan fingerprint density at radius 3 is 2.14 bits per heavy atom. The number of hydrogen-bond donors (Lipinski definition) is 6. The number of methoxy groups -OCH3 is 1. The van der Waals surface area contributed by atoms with E-state index >= 15 is 0 Å². The SMILES string of the molecule is CCNc1nc(Cl)nc(NC(C)C)n1.CCOC(=O)COC(=O)c1cc(Oc2ccc(C(F)(F)F)cc2Cl)ccc1[N+](=O)[O-].CCc1cccc(C)c1N(C(=O)CCl)C(C)COC.O=C(O)CNCP(=O)(O)O. The quantitative estimate of drug-likeness (QED) is 0.0150. The standard InChI is InChI=1S/C18H13ClF3NO7.C15H22ClNO2.C8H14ClN5.C3H8NO5P/c1-2-28-16(24)9-29-17(25)12-8-11(4-5-14(12)23(26)27)30-15-6-3-10(7-13(15)19)18(20,21)22;1-5-13-8-6-7-11(2)15(13)17(14(18)9-16)12(3)10-19-4;1-4-10-7-12-6(9)13-8(14-7)11-5(2)3;5-3(6)1-4-2-10(7,8)9/h3-8H,2,9H2,1H3;6-8,12H,5,9-10H2,1-4H3;5H,4H2,1-3H3,(H2,10,11,12,13,14);4H,1-2H2,(H,5,6)(H2,7,8,9). The lowest BCUT2D eigenvalue weighted by molar-refractivity contribution is -0.385. The maximum Gasteiger partial charge on any atom is 0.416 e. The van der Waals surface area contributed by atoms with Gasteiger partial charge in [-0.05, 0) is 95.0 Å². The molecule has 0 aliphatic rings. The number of aliphatic carboxylic acids is 1. The number of ether oxygens (including phenoxy) is 4. The number of benzene rings is 3. The number of para-hydroxylation sites is 1. The molecule has 0 bridgehead atoms. The molecule has 1 aromatic heterocycles. The lowest BCUT2D eigenvalue weighted by Gasteiger charge is -2.31. The fraction of sp³-hybridized carbons (Fsp3) is 0.432. The van der Waals surface area contributed by atoms with Crippen molar-refractivity contribution in [2.45, 2.75) is 73.1 Å². The number of carboxylic acid groups (broad SMARTS) is 1. The number of halogens is 6. The normalized spacial score (nSPS) is 11.2. The summed E-state index contributed by atoms with van der Waals surface area (Å²) in [4.78, 5) is 85.9. The predicted octanol–water partition coefficient (Wildman–Crippen LogP) is 8.52. The van der Waals surface area contributed by atoms with E-state index in [1.54, 1.807) is 12.0 Å². The highest BCUT2D eigenvalue weighted by atomic mass is 35.5. The number of nitro benzene ring substituents is 1. The van der Waals surface area contributed by atoms with Gasteiger partial charge in [0, 0.05) is 31.8 Å². The van der Waals surface area contributed by atoms with Crippen molar-refractivity contribution in [3.8, 4) is 11.5 Å². The van der Waals surface area contributed by atoms with E-state index in [0.29, 0.717) is 24.6 Å². The molecule has 1 atom stereocenters. The number of carboxylic acids is 1. The first kappa shape index (κ1) is 65.1. The van der Waals surface area contributed by atoms with Crippen LogP contribution in [-0.2, 0) is 45.8 Å². The van der Waals surface area contributed by atoms with Gasteiger partial charge in [0.05, 0.1) is 53.3 Å². The van der Waals surface area contributed by atoms with Gasteiger partial charge in [0.15, 0.2) is 6.61 Å². The fourth-order valence-electron chi connectivity index (χ4n) is 5.73. The van der Waals surface area contributed by atoms with Gasteiger partial charge in [-0.1, -0.05) is 36.7 Å². The van der Waals surface area contributed by atoms with Crippen molar-refractivity contribution in [2.24, 2.45) is 0 Å². The van der Waals surface area contributed by atoms with Crippen molar-refractivity contribution >= 4 is 89.5 Å². The summed E-state index contributed by atoms with van der Waals surface area (Å²) in [6, 6.07) is 11.7. The van der Waals surface area contributed by atoms with Crippen molar-refractivity contribution in [2.75, 3.05) is 67.7 Å². The minimum absolute atomic E-state index is 0.0223. The van der Waals surface area contributed by atoms with Crippen molar-refractivity contribution in [3.63, 3.8) is 0 Å². The van der Waals surface area contributed by atoms with E-state index < -0.39 is 72.9 Å². The maximum atomic E-state index is 12.7. The lowest BCUT2D eigenvalue weighted by Crippen LogP contribution is -2.43. The van der Waals surface area contributed by atoms with Crippen molar-refractivity contribution in [1.29, 1.82) is 0 Å². The maximum absolute atomic E-state index is 12.7. The van der Waals surface area contributed by atoms with Crippen molar-refractivity contribution < 1.29 is 75.7 Å². The summed E-state index contributed by atoms with van der Waals surface area (Å²) >= 11 is 17.3. The Labute approximate surface area is 433 Å². The average molecular weight is 1120 g/mol. The van der Waals surface area contributed by atoms with E-state index in [1.807, 2.05) is 46.8 Å². The Morgan fingerprint density at radius 2 is 1.62 bits per heavy atom. The van der Waals surface area contributed by atoms with Crippen LogP contribution in [0.15, 0.2) is 54.6 Å². The molecule has 3 aromatic carbocycles. The largest absolute Gasteiger partial charge is 0.480 e.